The molecule has 0 spiro atoms. The molecule has 106 valence electrons. The van der Waals surface area contributed by atoms with Gasteiger partial charge in [0.05, 0.1) is 5.02 Å². The first-order valence-electron chi connectivity index (χ1n) is 6.34. The monoisotopic (exact) mass is 311 g/mol. The van der Waals surface area contributed by atoms with Crippen molar-refractivity contribution >= 4 is 23.2 Å². The van der Waals surface area contributed by atoms with Crippen molar-refractivity contribution < 1.29 is 9.47 Å². The summed E-state index contributed by atoms with van der Waals surface area (Å²) < 4.78 is 11.4. The summed E-state index contributed by atoms with van der Waals surface area (Å²) in [6.07, 6.45) is 2.38. The highest BCUT2D eigenvalue weighted by Gasteiger charge is 2.12. The highest BCUT2D eigenvalue weighted by atomic mass is 35.5. The van der Waals surface area contributed by atoms with Crippen molar-refractivity contribution in [1.82, 2.24) is 4.98 Å². The molecule has 0 bridgehead atoms. The molecule has 1 aromatic carbocycles. The minimum Gasteiger partial charge on any atom is -0.485 e. The molecule has 1 aromatic heterocycles. The molecular formula is C15H15Cl2NO2. The molecule has 0 saturated carbocycles. The number of halogens is 2. The van der Waals surface area contributed by atoms with Gasteiger partial charge in [-0.25, -0.2) is 4.98 Å². The zero-order valence-corrected chi connectivity index (χ0v) is 12.6. The molecule has 0 fully saturated rings. The summed E-state index contributed by atoms with van der Waals surface area (Å²) in [5, 5.41) is 1.08. The van der Waals surface area contributed by atoms with E-state index in [9.17, 15) is 0 Å². The lowest BCUT2D eigenvalue weighted by atomic mass is 10.3. The van der Waals surface area contributed by atoms with Gasteiger partial charge in [-0.3, -0.25) is 0 Å². The second-order valence-corrected chi connectivity index (χ2v) is 5.05. The Bertz CT molecular complexity index is 549. The van der Waals surface area contributed by atoms with Gasteiger partial charge < -0.3 is 9.47 Å². The highest BCUT2D eigenvalue weighted by Crippen LogP contribution is 2.28. The maximum Gasteiger partial charge on any atom is 0.213 e. The molecule has 0 aliphatic carbocycles. The molecule has 0 N–H and O–H groups in total. The first-order chi connectivity index (χ1) is 9.69. The normalized spacial score (nSPS) is 11.9. The van der Waals surface area contributed by atoms with E-state index < -0.39 is 0 Å². The Morgan fingerprint density at radius 2 is 2.05 bits per heavy atom. The fraction of sp³-hybridized carbons (Fsp3) is 0.267. The van der Waals surface area contributed by atoms with Gasteiger partial charge in [0.1, 0.15) is 18.5 Å². The predicted octanol–water partition coefficient (Wildman–Crippen LogP) is 4.62. The van der Waals surface area contributed by atoms with Crippen LogP contribution in [-0.4, -0.2) is 17.7 Å². The molecule has 1 atom stereocenters. The van der Waals surface area contributed by atoms with E-state index in [2.05, 4.69) is 4.98 Å². The molecule has 0 aliphatic heterocycles. The van der Waals surface area contributed by atoms with E-state index >= 15 is 0 Å². The number of benzene rings is 1. The van der Waals surface area contributed by atoms with Gasteiger partial charge in [-0.1, -0.05) is 36.2 Å². The van der Waals surface area contributed by atoms with Gasteiger partial charge in [0.25, 0.3) is 0 Å². The smallest absolute Gasteiger partial charge is 0.213 e. The Morgan fingerprint density at radius 1 is 1.20 bits per heavy atom. The summed E-state index contributed by atoms with van der Waals surface area (Å²) in [6, 6.07) is 10.7. The Kier molecular flexibility index (Phi) is 5.50. The summed E-state index contributed by atoms with van der Waals surface area (Å²) in [5.74, 6) is 1.18. The Morgan fingerprint density at radius 3 is 2.70 bits per heavy atom. The van der Waals surface area contributed by atoms with Crippen molar-refractivity contribution in [3.8, 4) is 11.6 Å². The van der Waals surface area contributed by atoms with E-state index in [-0.39, 0.29) is 6.10 Å². The molecule has 20 heavy (non-hydrogen) atoms. The van der Waals surface area contributed by atoms with Gasteiger partial charge in [-0.05, 0) is 30.7 Å². The maximum atomic E-state index is 6.09. The average Bonchev–Trinajstić information content (AvgIpc) is 2.46. The van der Waals surface area contributed by atoms with E-state index in [1.807, 2.05) is 25.1 Å². The summed E-state index contributed by atoms with van der Waals surface area (Å²) >= 11 is 11.9. The number of hydrogen-bond donors (Lipinski definition) is 0. The number of rotatable bonds is 6. The van der Waals surface area contributed by atoms with Crippen LogP contribution in [0.1, 0.15) is 13.3 Å². The van der Waals surface area contributed by atoms with E-state index in [1.54, 1.807) is 24.4 Å². The first-order valence-corrected chi connectivity index (χ1v) is 7.10. The first kappa shape index (κ1) is 14.9. The van der Waals surface area contributed by atoms with Crippen LogP contribution in [0.2, 0.25) is 10.0 Å². The quantitative estimate of drug-likeness (QED) is 0.779. The Labute approximate surface area is 128 Å². The fourth-order valence-electron chi connectivity index (χ4n) is 1.60. The van der Waals surface area contributed by atoms with Gasteiger partial charge in [-0.2, -0.15) is 0 Å². The van der Waals surface area contributed by atoms with Crippen LogP contribution in [0.25, 0.3) is 0 Å². The van der Waals surface area contributed by atoms with Crippen LogP contribution < -0.4 is 9.47 Å². The molecular weight excluding hydrogens is 297 g/mol. The number of pyridine rings is 1. The van der Waals surface area contributed by atoms with Crippen LogP contribution in [-0.2, 0) is 0 Å². The van der Waals surface area contributed by atoms with Crippen LogP contribution >= 0.6 is 23.2 Å². The molecule has 0 saturated heterocycles. The summed E-state index contributed by atoms with van der Waals surface area (Å²) in [6.45, 7) is 2.43. The van der Waals surface area contributed by atoms with Gasteiger partial charge in [0.2, 0.25) is 5.88 Å². The molecule has 0 radical (unpaired) electrons. The van der Waals surface area contributed by atoms with Crippen molar-refractivity contribution in [2.24, 2.45) is 0 Å². The number of ether oxygens (including phenoxy) is 2. The minimum absolute atomic E-state index is 0.101. The molecule has 1 heterocycles. The fourth-order valence-corrected chi connectivity index (χ4v) is 2.05. The van der Waals surface area contributed by atoms with Gasteiger partial charge >= 0.3 is 0 Å². The third-order valence-electron chi connectivity index (χ3n) is 2.70. The predicted molar refractivity (Wildman–Crippen MR) is 80.9 cm³/mol. The van der Waals surface area contributed by atoms with Crippen molar-refractivity contribution in [3.05, 3.63) is 52.6 Å². The number of hydrogen-bond acceptors (Lipinski definition) is 3. The zero-order chi connectivity index (χ0) is 14.4. The average molecular weight is 312 g/mol. The molecule has 2 aromatic rings. The van der Waals surface area contributed by atoms with E-state index in [0.717, 1.165) is 6.42 Å². The van der Waals surface area contributed by atoms with E-state index in [4.69, 9.17) is 32.7 Å². The lowest BCUT2D eigenvalue weighted by Crippen LogP contribution is -2.24. The molecule has 5 heteroatoms. The topological polar surface area (TPSA) is 31.4 Å². The third kappa shape index (κ3) is 4.29. The van der Waals surface area contributed by atoms with Crippen LogP contribution in [0.15, 0.2) is 42.6 Å². The van der Waals surface area contributed by atoms with Gasteiger partial charge in [0, 0.05) is 17.3 Å². The van der Waals surface area contributed by atoms with Crippen molar-refractivity contribution in [2.45, 2.75) is 19.4 Å². The highest BCUT2D eigenvalue weighted by molar-refractivity contribution is 6.35. The molecule has 3 nitrogen and oxygen atoms in total. The summed E-state index contributed by atoms with van der Waals surface area (Å²) in [7, 11) is 0. The second kappa shape index (κ2) is 7.36. The molecule has 1 unspecified atom stereocenters. The van der Waals surface area contributed by atoms with E-state index in [1.165, 1.54) is 0 Å². The van der Waals surface area contributed by atoms with Crippen molar-refractivity contribution in [2.75, 3.05) is 6.61 Å². The van der Waals surface area contributed by atoms with Crippen LogP contribution in [0.3, 0.4) is 0 Å². The van der Waals surface area contributed by atoms with Gasteiger partial charge in [0.15, 0.2) is 0 Å². The number of aromatic nitrogens is 1. The minimum atomic E-state index is -0.101. The Hall–Kier alpha value is -1.45. The van der Waals surface area contributed by atoms with Crippen LogP contribution in [0.5, 0.6) is 11.6 Å². The van der Waals surface area contributed by atoms with E-state index in [0.29, 0.717) is 28.3 Å². The summed E-state index contributed by atoms with van der Waals surface area (Å²) in [4.78, 5) is 4.10. The lowest BCUT2D eigenvalue weighted by molar-refractivity contribution is 0.122. The van der Waals surface area contributed by atoms with Crippen LogP contribution in [0, 0.1) is 0 Å². The zero-order valence-electron chi connectivity index (χ0n) is 11.1. The number of nitrogens with zero attached hydrogens (tertiary/aromatic N) is 1. The molecule has 0 amide bonds. The SMILES string of the molecule is CCC(COc1ccccn1)Oc1ccc(Cl)cc1Cl. The van der Waals surface area contributed by atoms with Crippen molar-refractivity contribution in [3.63, 3.8) is 0 Å². The van der Waals surface area contributed by atoms with Crippen LogP contribution in [0.4, 0.5) is 0 Å². The largest absolute Gasteiger partial charge is 0.485 e. The molecule has 0 aliphatic rings. The Balaban J connectivity index is 1.95. The third-order valence-corrected chi connectivity index (χ3v) is 3.23. The standard InChI is InChI=1S/C15H15Cl2NO2/c1-2-12(10-19-15-5-3-4-8-18-15)20-14-7-6-11(16)9-13(14)17/h3-9,12H,2,10H2,1H3. The second-order valence-electron chi connectivity index (χ2n) is 4.20. The lowest BCUT2D eigenvalue weighted by Gasteiger charge is -2.18. The van der Waals surface area contributed by atoms with Gasteiger partial charge in [-0.15, -0.1) is 0 Å². The summed E-state index contributed by atoms with van der Waals surface area (Å²) in [5.41, 5.74) is 0. The molecule has 2 rings (SSSR count). The maximum absolute atomic E-state index is 6.09. The van der Waals surface area contributed by atoms with Crippen molar-refractivity contribution in [1.29, 1.82) is 0 Å².